The fraction of sp³-hybridized carbons (Fsp3) is 0.158. The average molecular weight is 378 g/mol. The predicted octanol–water partition coefficient (Wildman–Crippen LogP) is 2.19. The second-order valence-corrected chi connectivity index (χ2v) is 6.75. The summed E-state index contributed by atoms with van der Waals surface area (Å²) in [5, 5.41) is 24.7. The lowest BCUT2D eigenvalue weighted by molar-refractivity contribution is 0.474. The minimum atomic E-state index is -0.515. The fourth-order valence-electron chi connectivity index (χ4n) is 3.85. The maximum absolute atomic E-state index is 14.2. The predicted molar refractivity (Wildman–Crippen MR) is 99.6 cm³/mol. The number of anilines is 1. The van der Waals surface area contributed by atoms with Crippen molar-refractivity contribution in [3.63, 3.8) is 0 Å². The Labute approximate surface area is 157 Å². The van der Waals surface area contributed by atoms with E-state index >= 15 is 0 Å². The smallest absolute Gasteiger partial charge is 0.272 e. The first-order valence-electron chi connectivity index (χ1n) is 8.64. The van der Waals surface area contributed by atoms with Gasteiger partial charge in [-0.2, -0.15) is 10.2 Å². The highest BCUT2D eigenvalue weighted by molar-refractivity contribution is 5.97. The molecule has 0 amide bonds. The van der Waals surface area contributed by atoms with Gasteiger partial charge in [0.25, 0.3) is 5.56 Å². The molecule has 0 radical (unpaired) electrons. The average Bonchev–Trinajstić information content (AvgIpc) is 3.10. The molecule has 3 N–H and O–H groups in total. The topological polar surface area (TPSA) is 109 Å². The molecule has 4 aromatic rings. The van der Waals surface area contributed by atoms with E-state index in [4.69, 9.17) is 0 Å². The Morgan fingerprint density at radius 3 is 2.71 bits per heavy atom. The quantitative estimate of drug-likeness (QED) is 0.493. The number of H-pyrrole nitrogens is 1. The number of aromatic amines is 1. The van der Waals surface area contributed by atoms with Gasteiger partial charge in [-0.3, -0.25) is 9.48 Å². The molecule has 2 aromatic carbocycles. The van der Waals surface area contributed by atoms with Crippen LogP contribution in [-0.4, -0.2) is 30.1 Å². The van der Waals surface area contributed by atoms with Crippen molar-refractivity contribution in [3.05, 3.63) is 76.0 Å². The van der Waals surface area contributed by atoms with Gasteiger partial charge in [-0.25, -0.2) is 14.5 Å². The Bertz CT molecular complexity index is 1260. The highest BCUT2D eigenvalue weighted by atomic mass is 19.1. The molecule has 8 nitrogen and oxygen atoms in total. The lowest BCUT2D eigenvalue weighted by Gasteiger charge is -2.33. The monoisotopic (exact) mass is 378 g/mol. The third kappa shape index (κ3) is 2.36. The van der Waals surface area contributed by atoms with Crippen molar-refractivity contribution in [1.29, 1.82) is 0 Å². The molecule has 0 saturated heterocycles. The van der Waals surface area contributed by atoms with E-state index in [1.54, 1.807) is 36.0 Å². The number of halogens is 1. The van der Waals surface area contributed by atoms with E-state index in [-0.39, 0.29) is 17.2 Å². The molecule has 0 bridgehead atoms. The van der Waals surface area contributed by atoms with Gasteiger partial charge in [0.05, 0.1) is 23.0 Å². The Morgan fingerprint density at radius 2 is 2.00 bits per heavy atom. The summed E-state index contributed by atoms with van der Waals surface area (Å²) in [6.07, 6.45) is 1.45. The number of nitrogens with one attached hydrogen (secondary N) is 2. The molecular formula is C19H15FN6O2. The SMILES string of the molecule is Cn1ncnc1[C@H]1c2n[nH]c(=O)c3cc(F)cc(c23)N[C@@H]1c1ccc(O)cc1. The van der Waals surface area contributed by atoms with Gasteiger partial charge in [0, 0.05) is 18.1 Å². The zero-order chi connectivity index (χ0) is 19.4. The standard InChI is InChI=1S/C19H15FN6O2/c1-26-18(21-8-22-26)15-16(9-2-4-11(27)5-3-9)23-13-7-10(20)6-12-14(13)17(15)24-25-19(12)28/h2-8,15-16,23,27H,1H3,(H,25,28)/t15-,16-/m1/s1. The van der Waals surface area contributed by atoms with E-state index in [9.17, 15) is 14.3 Å². The molecule has 1 aliphatic heterocycles. The number of phenolic OH excluding ortho intramolecular Hbond substituents is 1. The van der Waals surface area contributed by atoms with Crippen LogP contribution in [0.3, 0.4) is 0 Å². The van der Waals surface area contributed by atoms with Gasteiger partial charge < -0.3 is 10.4 Å². The molecule has 3 heterocycles. The van der Waals surface area contributed by atoms with Crippen LogP contribution in [0.2, 0.25) is 0 Å². The molecule has 28 heavy (non-hydrogen) atoms. The summed E-state index contributed by atoms with van der Waals surface area (Å²) >= 11 is 0. The molecule has 2 atom stereocenters. The summed E-state index contributed by atoms with van der Waals surface area (Å²) in [4.78, 5) is 16.6. The van der Waals surface area contributed by atoms with Crippen molar-refractivity contribution >= 4 is 16.5 Å². The summed E-state index contributed by atoms with van der Waals surface area (Å²) in [6.45, 7) is 0. The lowest BCUT2D eigenvalue weighted by Crippen LogP contribution is -2.30. The highest BCUT2D eigenvalue weighted by Gasteiger charge is 2.37. The third-order valence-electron chi connectivity index (χ3n) is 5.10. The molecule has 0 saturated carbocycles. The minimum absolute atomic E-state index is 0.144. The number of aryl methyl sites for hydroxylation is 1. The highest BCUT2D eigenvalue weighted by Crippen LogP contribution is 2.45. The second kappa shape index (κ2) is 5.88. The largest absolute Gasteiger partial charge is 0.508 e. The number of hydrogen-bond acceptors (Lipinski definition) is 6. The maximum atomic E-state index is 14.2. The van der Waals surface area contributed by atoms with Crippen molar-refractivity contribution < 1.29 is 9.50 Å². The minimum Gasteiger partial charge on any atom is -0.508 e. The zero-order valence-electron chi connectivity index (χ0n) is 14.7. The number of benzene rings is 2. The fourth-order valence-corrected chi connectivity index (χ4v) is 3.85. The molecule has 0 fully saturated rings. The molecule has 0 spiro atoms. The van der Waals surface area contributed by atoms with Gasteiger partial charge in [-0.05, 0) is 29.8 Å². The van der Waals surface area contributed by atoms with Crippen molar-refractivity contribution in [2.45, 2.75) is 12.0 Å². The van der Waals surface area contributed by atoms with Gasteiger partial charge in [0.2, 0.25) is 0 Å². The summed E-state index contributed by atoms with van der Waals surface area (Å²) in [7, 11) is 1.78. The van der Waals surface area contributed by atoms with Crippen molar-refractivity contribution in [3.8, 4) is 5.75 Å². The number of rotatable bonds is 2. The van der Waals surface area contributed by atoms with Crippen molar-refractivity contribution in [2.75, 3.05) is 5.32 Å². The van der Waals surface area contributed by atoms with E-state index in [2.05, 4.69) is 25.6 Å². The van der Waals surface area contributed by atoms with E-state index in [0.29, 0.717) is 22.6 Å². The number of aromatic nitrogens is 5. The van der Waals surface area contributed by atoms with Crippen LogP contribution in [0.15, 0.2) is 47.5 Å². The van der Waals surface area contributed by atoms with E-state index in [1.807, 2.05) is 0 Å². The summed E-state index contributed by atoms with van der Waals surface area (Å²) < 4.78 is 15.8. The number of phenols is 1. The van der Waals surface area contributed by atoms with Crippen LogP contribution in [0.1, 0.15) is 29.0 Å². The van der Waals surface area contributed by atoms with Crippen LogP contribution in [0.4, 0.5) is 10.1 Å². The summed E-state index contributed by atoms with van der Waals surface area (Å²) in [5.41, 5.74) is 1.46. The van der Waals surface area contributed by atoms with Crippen LogP contribution in [0.5, 0.6) is 5.75 Å². The molecule has 0 aliphatic carbocycles. The first-order valence-corrected chi connectivity index (χ1v) is 8.64. The molecule has 2 aromatic heterocycles. The van der Waals surface area contributed by atoms with E-state index < -0.39 is 17.3 Å². The molecule has 140 valence electrons. The van der Waals surface area contributed by atoms with Gasteiger partial charge in [0.1, 0.15) is 23.7 Å². The Hall–Kier alpha value is -3.75. The summed E-state index contributed by atoms with van der Waals surface area (Å²) in [6, 6.07) is 8.93. The van der Waals surface area contributed by atoms with Crippen LogP contribution in [-0.2, 0) is 7.05 Å². The van der Waals surface area contributed by atoms with Gasteiger partial charge in [-0.15, -0.1) is 0 Å². The van der Waals surface area contributed by atoms with Gasteiger partial charge in [0.15, 0.2) is 0 Å². The number of aromatic hydroxyl groups is 1. The van der Waals surface area contributed by atoms with Crippen LogP contribution < -0.4 is 10.9 Å². The molecular weight excluding hydrogens is 363 g/mol. The molecule has 0 unspecified atom stereocenters. The van der Waals surface area contributed by atoms with Crippen LogP contribution in [0.25, 0.3) is 10.8 Å². The zero-order valence-corrected chi connectivity index (χ0v) is 14.7. The molecule has 9 heteroatoms. The third-order valence-corrected chi connectivity index (χ3v) is 5.10. The number of hydrogen-bond donors (Lipinski definition) is 3. The van der Waals surface area contributed by atoms with Crippen molar-refractivity contribution in [2.24, 2.45) is 7.05 Å². The second-order valence-electron chi connectivity index (χ2n) is 6.75. The van der Waals surface area contributed by atoms with Crippen LogP contribution in [0, 0.1) is 5.82 Å². The van der Waals surface area contributed by atoms with Gasteiger partial charge in [-0.1, -0.05) is 12.1 Å². The van der Waals surface area contributed by atoms with E-state index in [0.717, 1.165) is 5.56 Å². The Balaban J connectivity index is 1.82. The number of nitrogens with zero attached hydrogens (tertiary/aromatic N) is 4. The Kier molecular flexibility index (Phi) is 3.45. The molecule has 1 aliphatic rings. The lowest BCUT2D eigenvalue weighted by atomic mass is 9.83. The first-order chi connectivity index (χ1) is 13.5. The van der Waals surface area contributed by atoms with Crippen molar-refractivity contribution in [1.82, 2.24) is 25.0 Å². The van der Waals surface area contributed by atoms with Crippen LogP contribution >= 0.6 is 0 Å². The van der Waals surface area contributed by atoms with E-state index in [1.165, 1.54) is 18.5 Å². The maximum Gasteiger partial charge on any atom is 0.272 e. The Morgan fingerprint density at radius 1 is 1.21 bits per heavy atom. The first kappa shape index (κ1) is 16.4. The van der Waals surface area contributed by atoms with Gasteiger partial charge >= 0.3 is 0 Å². The normalized spacial score (nSPS) is 18.2. The molecule has 5 rings (SSSR count). The summed E-state index contributed by atoms with van der Waals surface area (Å²) in [5.74, 6) is -0.124.